The van der Waals surface area contributed by atoms with Crippen LogP contribution in [-0.2, 0) is 16.1 Å². The first-order chi connectivity index (χ1) is 8.61. The van der Waals surface area contributed by atoms with Crippen LogP contribution in [0.2, 0.25) is 0 Å². The quantitative estimate of drug-likeness (QED) is 0.523. The summed E-state index contributed by atoms with van der Waals surface area (Å²) in [7, 11) is 0. The minimum absolute atomic E-state index is 0.0193. The molecular weight excluding hydrogens is 252 g/mol. The van der Waals surface area contributed by atoms with Crippen LogP contribution in [-0.4, -0.2) is 16.4 Å². The number of benzene rings is 1. The van der Waals surface area contributed by atoms with Gasteiger partial charge in [0.1, 0.15) is 6.54 Å². The molecule has 0 amide bonds. The molecule has 1 heterocycles. The zero-order chi connectivity index (χ0) is 13.1. The molecule has 0 saturated carbocycles. The molecule has 0 saturated heterocycles. The van der Waals surface area contributed by atoms with Crippen molar-refractivity contribution < 1.29 is 9.53 Å². The molecule has 0 bridgehead atoms. The van der Waals surface area contributed by atoms with Gasteiger partial charge < -0.3 is 4.74 Å². The fraction of sp³-hybridized carbons (Fsp3) is 0.250. The van der Waals surface area contributed by atoms with Crippen molar-refractivity contribution in [2.45, 2.75) is 19.9 Å². The van der Waals surface area contributed by atoms with E-state index in [0.29, 0.717) is 0 Å². The average molecular weight is 264 g/mol. The fourth-order valence-electron chi connectivity index (χ4n) is 1.55. The molecule has 0 aliphatic carbocycles. The van der Waals surface area contributed by atoms with E-state index >= 15 is 0 Å². The Bertz CT molecular complexity index is 657. The molecule has 0 radical (unpaired) electrons. The average Bonchev–Trinajstić information content (AvgIpc) is 2.66. The minimum Gasteiger partial charge on any atom is -0.410 e. The number of carbonyl (C=O) groups excluding carboxylic acids is 1. The maximum Gasteiger partial charge on any atom is 0.312 e. The Morgan fingerprint density at radius 3 is 2.89 bits per heavy atom. The minimum atomic E-state index is -0.465. The number of fused-ring (bicyclic) bond motifs is 1. The summed E-state index contributed by atoms with van der Waals surface area (Å²) in [6, 6.07) is 7.33. The second kappa shape index (κ2) is 5.14. The summed E-state index contributed by atoms with van der Waals surface area (Å²) in [5, 5.41) is 7.57. The maximum absolute atomic E-state index is 11.8. The SMILES string of the molecule is CCC(=O)OC(=N)Cn1c(=O)sc2ccccc21. The Morgan fingerprint density at radius 1 is 1.44 bits per heavy atom. The molecule has 0 fully saturated rings. The Labute approximate surface area is 107 Å². The van der Waals surface area contributed by atoms with E-state index in [1.165, 1.54) is 4.57 Å². The summed E-state index contributed by atoms with van der Waals surface area (Å²) in [4.78, 5) is 22.7. The molecule has 1 aromatic carbocycles. The first-order valence-corrected chi connectivity index (χ1v) is 6.30. The van der Waals surface area contributed by atoms with E-state index in [4.69, 9.17) is 10.1 Å². The van der Waals surface area contributed by atoms with E-state index in [1.807, 2.05) is 24.3 Å². The highest BCUT2D eigenvalue weighted by Gasteiger charge is 2.11. The molecule has 0 aliphatic heterocycles. The van der Waals surface area contributed by atoms with Crippen LogP contribution in [0.4, 0.5) is 0 Å². The third-order valence-electron chi connectivity index (χ3n) is 2.40. The van der Waals surface area contributed by atoms with Gasteiger partial charge in [-0.1, -0.05) is 30.4 Å². The molecule has 18 heavy (non-hydrogen) atoms. The van der Waals surface area contributed by atoms with Crippen molar-refractivity contribution in [3.63, 3.8) is 0 Å². The summed E-state index contributed by atoms with van der Waals surface area (Å²) < 4.78 is 7.06. The molecule has 94 valence electrons. The summed E-state index contributed by atoms with van der Waals surface area (Å²) >= 11 is 1.12. The number of hydrogen-bond donors (Lipinski definition) is 1. The van der Waals surface area contributed by atoms with Gasteiger partial charge in [-0.2, -0.15) is 0 Å². The van der Waals surface area contributed by atoms with Gasteiger partial charge in [0, 0.05) is 6.42 Å². The first-order valence-electron chi connectivity index (χ1n) is 5.48. The van der Waals surface area contributed by atoms with Gasteiger partial charge in [0.2, 0.25) is 5.90 Å². The van der Waals surface area contributed by atoms with Crippen LogP contribution >= 0.6 is 11.3 Å². The summed E-state index contributed by atoms with van der Waals surface area (Å²) in [5.41, 5.74) is 0.754. The predicted octanol–water partition coefficient (Wildman–Crippen LogP) is 1.99. The number of thiazole rings is 1. The smallest absolute Gasteiger partial charge is 0.312 e. The standard InChI is InChI=1S/C12H12N2O3S/c1-2-11(15)17-10(13)7-14-8-5-3-4-6-9(8)18-12(14)16/h3-6,13H,2,7H2,1H3. The van der Waals surface area contributed by atoms with Crippen LogP contribution in [0.5, 0.6) is 0 Å². The normalized spacial score (nSPS) is 10.5. The lowest BCUT2D eigenvalue weighted by atomic mass is 10.3. The van der Waals surface area contributed by atoms with Crippen LogP contribution in [0.1, 0.15) is 13.3 Å². The number of esters is 1. The maximum atomic E-state index is 11.8. The van der Waals surface area contributed by atoms with E-state index in [-0.39, 0.29) is 23.7 Å². The molecule has 0 atom stereocenters. The van der Waals surface area contributed by atoms with Crippen molar-refractivity contribution >= 4 is 33.4 Å². The highest BCUT2D eigenvalue weighted by atomic mass is 32.1. The van der Waals surface area contributed by atoms with Gasteiger partial charge in [-0.15, -0.1) is 0 Å². The van der Waals surface area contributed by atoms with Gasteiger partial charge in [-0.05, 0) is 12.1 Å². The molecule has 0 spiro atoms. The van der Waals surface area contributed by atoms with Crippen LogP contribution < -0.4 is 4.87 Å². The van der Waals surface area contributed by atoms with Crippen molar-refractivity contribution in [1.29, 1.82) is 5.41 Å². The van der Waals surface area contributed by atoms with Crippen molar-refractivity contribution in [1.82, 2.24) is 4.57 Å². The first kappa shape index (κ1) is 12.5. The largest absolute Gasteiger partial charge is 0.410 e. The van der Waals surface area contributed by atoms with Crippen LogP contribution in [0.25, 0.3) is 10.2 Å². The van der Waals surface area contributed by atoms with Crippen molar-refractivity contribution in [2.75, 3.05) is 0 Å². The van der Waals surface area contributed by atoms with Crippen LogP contribution in [0.15, 0.2) is 29.1 Å². The second-order valence-corrected chi connectivity index (χ2v) is 4.67. The highest BCUT2D eigenvalue weighted by Crippen LogP contribution is 2.16. The van der Waals surface area contributed by atoms with Gasteiger partial charge in [-0.25, -0.2) is 0 Å². The topological polar surface area (TPSA) is 72.2 Å². The Morgan fingerprint density at radius 2 is 2.17 bits per heavy atom. The number of carbonyl (C=O) groups is 1. The van der Waals surface area contributed by atoms with E-state index in [0.717, 1.165) is 21.6 Å². The molecule has 6 heteroatoms. The lowest BCUT2D eigenvalue weighted by Gasteiger charge is -2.05. The third-order valence-corrected chi connectivity index (χ3v) is 3.36. The zero-order valence-corrected chi connectivity index (χ0v) is 10.6. The number of aromatic nitrogens is 1. The van der Waals surface area contributed by atoms with Gasteiger partial charge in [0.25, 0.3) is 0 Å². The van der Waals surface area contributed by atoms with E-state index in [9.17, 15) is 9.59 Å². The highest BCUT2D eigenvalue weighted by molar-refractivity contribution is 7.16. The van der Waals surface area contributed by atoms with Crippen LogP contribution in [0.3, 0.4) is 0 Å². The Kier molecular flexibility index (Phi) is 3.57. The summed E-state index contributed by atoms with van der Waals surface area (Å²) in [6.45, 7) is 1.64. The van der Waals surface area contributed by atoms with Gasteiger partial charge in [0.05, 0.1) is 10.2 Å². The van der Waals surface area contributed by atoms with Crippen molar-refractivity contribution in [2.24, 2.45) is 0 Å². The molecule has 0 unspecified atom stereocenters. The van der Waals surface area contributed by atoms with E-state index < -0.39 is 5.97 Å². The lowest BCUT2D eigenvalue weighted by molar-refractivity contribution is -0.135. The van der Waals surface area contributed by atoms with E-state index in [2.05, 4.69) is 0 Å². The molecule has 2 aromatic rings. The van der Waals surface area contributed by atoms with Gasteiger partial charge >= 0.3 is 10.8 Å². The predicted molar refractivity (Wildman–Crippen MR) is 70.2 cm³/mol. The van der Waals surface area contributed by atoms with E-state index in [1.54, 1.807) is 6.92 Å². The number of rotatable bonds is 3. The number of nitrogens with zero attached hydrogens (tertiary/aromatic N) is 1. The Hall–Kier alpha value is -1.95. The number of para-hydroxylation sites is 1. The molecular formula is C12H12N2O3S. The second-order valence-electron chi connectivity index (χ2n) is 3.67. The molecule has 2 rings (SSSR count). The number of ether oxygens (including phenoxy) is 1. The van der Waals surface area contributed by atoms with Crippen molar-refractivity contribution in [3.05, 3.63) is 33.9 Å². The van der Waals surface area contributed by atoms with Crippen LogP contribution in [0, 0.1) is 5.41 Å². The molecule has 0 aliphatic rings. The Balaban J connectivity index is 2.26. The fourth-order valence-corrected chi connectivity index (χ4v) is 2.44. The number of hydrogen-bond acceptors (Lipinski definition) is 5. The monoisotopic (exact) mass is 264 g/mol. The van der Waals surface area contributed by atoms with Gasteiger partial charge in [0.15, 0.2) is 0 Å². The lowest BCUT2D eigenvalue weighted by Crippen LogP contribution is -2.22. The molecule has 1 N–H and O–H groups in total. The van der Waals surface area contributed by atoms with Gasteiger partial charge in [-0.3, -0.25) is 19.6 Å². The van der Waals surface area contributed by atoms with Crippen molar-refractivity contribution in [3.8, 4) is 0 Å². The molecule has 1 aromatic heterocycles. The molecule has 5 nitrogen and oxygen atoms in total. The summed E-state index contributed by atoms with van der Waals surface area (Å²) in [5.74, 6) is -0.680. The zero-order valence-electron chi connectivity index (χ0n) is 9.80. The summed E-state index contributed by atoms with van der Waals surface area (Å²) in [6.07, 6.45) is 0.210. The third kappa shape index (κ3) is 2.48. The number of nitrogens with one attached hydrogen (secondary N) is 1.